The number of esters is 1. The van der Waals surface area contributed by atoms with Crippen molar-refractivity contribution in [2.24, 2.45) is 4.99 Å². The van der Waals surface area contributed by atoms with Crippen LogP contribution < -0.4 is 24.4 Å². The highest BCUT2D eigenvalue weighted by atomic mass is 32.1. The number of hydrogen-bond donors (Lipinski definition) is 0. The van der Waals surface area contributed by atoms with Crippen molar-refractivity contribution in [1.82, 2.24) is 4.57 Å². The van der Waals surface area contributed by atoms with E-state index in [0.717, 1.165) is 4.88 Å². The van der Waals surface area contributed by atoms with Crippen LogP contribution in [0, 0.1) is 0 Å². The highest BCUT2D eigenvalue weighted by molar-refractivity contribution is 7.10. The minimum absolute atomic E-state index is 0.235. The number of hydrogen-bond acceptors (Lipinski definition) is 8. The first-order valence-electron chi connectivity index (χ1n) is 9.35. The van der Waals surface area contributed by atoms with E-state index in [9.17, 15) is 9.59 Å². The average molecular weight is 457 g/mol. The maximum Gasteiger partial charge on any atom is 0.338 e. The van der Waals surface area contributed by atoms with E-state index in [1.807, 2.05) is 29.6 Å². The van der Waals surface area contributed by atoms with Crippen molar-refractivity contribution >= 4 is 34.7 Å². The van der Waals surface area contributed by atoms with Crippen LogP contribution in [-0.2, 0) is 9.53 Å². The number of methoxy groups -OCH3 is 3. The van der Waals surface area contributed by atoms with Gasteiger partial charge in [-0.2, -0.15) is 0 Å². The number of carbonyl (C=O) groups is 1. The van der Waals surface area contributed by atoms with Crippen LogP contribution in [0.4, 0.5) is 0 Å². The number of ether oxygens (including phenoxy) is 3. The number of benzene rings is 1. The van der Waals surface area contributed by atoms with E-state index in [1.54, 1.807) is 37.9 Å². The van der Waals surface area contributed by atoms with Crippen molar-refractivity contribution in [3.63, 3.8) is 0 Å². The van der Waals surface area contributed by atoms with Crippen LogP contribution in [0.15, 0.2) is 56.8 Å². The summed E-state index contributed by atoms with van der Waals surface area (Å²) >= 11 is 2.74. The summed E-state index contributed by atoms with van der Waals surface area (Å²) in [5.41, 5.74) is 1.38. The summed E-state index contributed by atoms with van der Waals surface area (Å²) in [7, 11) is 4.45. The molecule has 0 amide bonds. The number of thiophene rings is 1. The SMILES string of the molecule is COC(=O)C1=C(C)N=c2s/c(=C/c3cccc(OC)c3OC)c(=O)n2[C@@H]1c1cccs1. The first kappa shape index (κ1) is 21.1. The molecule has 1 atom stereocenters. The van der Waals surface area contributed by atoms with Gasteiger partial charge in [-0.15, -0.1) is 11.3 Å². The molecule has 0 saturated carbocycles. The molecule has 0 spiro atoms. The lowest BCUT2D eigenvalue weighted by Gasteiger charge is -2.22. The van der Waals surface area contributed by atoms with Crippen molar-refractivity contribution in [3.05, 3.63) is 77.1 Å². The average Bonchev–Trinajstić information content (AvgIpc) is 3.41. The number of thiazole rings is 1. The van der Waals surface area contributed by atoms with Gasteiger partial charge in [0.1, 0.15) is 6.04 Å². The fourth-order valence-electron chi connectivity index (χ4n) is 3.58. The van der Waals surface area contributed by atoms with E-state index in [4.69, 9.17) is 14.2 Å². The number of para-hydroxylation sites is 1. The van der Waals surface area contributed by atoms with Crippen LogP contribution in [0.1, 0.15) is 23.4 Å². The Kier molecular flexibility index (Phi) is 5.79. The van der Waals surface area contributed by atoms with Gasteiger partial charge in [0.25, 0.3) is 5.56 Å². The van der Waals surface area contributed by atoms with Crippen LogP contribution in [0.25, 0.3) is 6.08 Å². The largest absolute Gasteiger partial charge is 0.493 e. The van der Waals surface area contributed by atoms with Gasteiger partial charge in [-0.3, -0.25) is 9.36 Å². The highest BCUT2D eigenvalue weighted by Gasteiger charge is 2.33. The Labute approximate surface area is 186 Å². The zero-order valence-corrected chi connectivity index (χ0v) is 19.0. The van der Waals surface area contributed by atoms with Gasteiger partial charge >= 0.3 is 5.97 Å². The molecule has 0 unspecified atom stereocenters. The Morgan fingerprint density at radius 3 is 2.61 bits per heavy atom. The lowest BCUT2D eigenvalue weighted by atomic mass is 10.0. The molecule has 1 aromatic carbocycles. The molecule has 1 aliphatic heterocycles. The molecule has 31 heavy (non-hydrogen) atoms. The van der Waals surface area contributed by atoms with Crippen LogP contribution >= 0.6 is 22.7 Å². The first-order chi connectivity index (χ1) is 15.0. The van der Waals surface area contributed by atoms with E-state index in [1.165, 1.54) is 29.8 Å². The highest BCUT2D eigenvalue weighted by Crippen LogP contribution is 2.33. The van der Waals surface area contributed by atoms with Crippen LogP contribution in [0.2, 0.25) is 0 Å². The Morgan fingerprint density at radius 2 is 1.97 bits per heavy atom. The third-order valence-electron chi connectivity index (χ3n) is 4.96. The zero-order valence-electron chi connectivity index (χ0n) is 17.4. The predicted octanol–water partition coefficient (Wildman–Crippen LogP) is 2.49. The van der Waals surface area contributed by atoms with E-state index in [0.29, 0.717) is 37.7 Å². The van der Waals surface area contributed by atoms with Gasteiger partial charge < -0.3 is 14.2 Å². The molecular weight excluding hydrogens is 436 g/mol. The Hall–Kier alpha value is -3.17. The van der Waals surface area contributed by atoms with Crippen molar-refractivity contribution in [2.45, 2.75) is 13.0 Å². The smallest absolute Gasteiger partial charge is 0.338 e. The molecule has 0 aliphatic carbocycles. The number of allylic oxidation sites excluding steroid dienone is 1. The standard InChI is InChI=1S/C22H20N2O5S2/c1-12-17(21(26)29-4)18(15-9-6-10-30-15)24-20(25)16(31-22(24)23-12)11-13-7-5-8-14(27-2)19(13)28-3/h5-11,18H,1-4H3/b16-11+/t18-/m1/s1. The topological polar surface area (TPSA) is 79.1 Å². The maximum absolute atomic E-state index is 13.5. The molecule has 4 rings (SSSR count). The van der Waals surface area contributed by atoms with Gasteiger partial charge in [0.05, 0.1) is 37.1 Å². The number of aromatic nitrogens is 1. The van der Waals surface area contributed by atoms with Crippen molar-refractivity contribution < 1.29 is 19.0 Å². The summed E-state index contributed by atoms with van der Waals surface area (Å²) in [6.45, 7) is 1.76. The summed E-state index contributed by atoms with van der Waals surface area (Å²) in [5.74, 6) is 0.616. The quantitative estimate of drug-likeness (QED) is 0.551. The summed E-state index contributed by atoms with van der Waals surface area (Å²) in [5, 5.41) is 1.91. The number of nitrogens with zero attached hydrogens (tertiary/aromatic N) is 2. The van der Waals surface area contributed by atoms with Crippen LogP contribution in [0.3, 0.4) is 0 Å². The third kappa shape index (κ3) is 3.60. The molecule has 2 aromatic heterocycles. The summed E-state index contributed by atoms with van der Waals surface area (Å²) in [4.78, 5) is 32.0. The monoisotopic (exact) mass is 456 g/mol. The minimum Gasteiger partial charge on any atom is -0.493 e. The number of rotatable bonds is 5. The van der Waals surface area contributed by atoms with Gasteiger partial charge in [0.2, 0.25) is 0 Å². The molecule has 3 heterocycles. The molecule has 1 aliphatic rings. The molecule has 0 saturated heterocycles. The second-order valence-electron chi connectivity index (χ2n) is 6.67. The summed E-state index contributed by atoms with van der Waals surface area (Å²) in [6.07, 6.45) is 1.76. The zero-order chi connectivity index (χ0) is 22.1. The van der Waals surface area contributed by atoms with Gasteiger partial charge in [0, 0.05) is 10.4 Å². The number of fused-ring (bicyclic) bond motifs is 1. The molecule has 0 fully saturated rings. The molecule has 160 valence electrons. The molecule has 0 N–H and O–H groups in total. The molecule has 0 radical (unpaired) electrons. The van der Waals surface area contributed by atoms with E-state index in [-0.39, 0.29) is 5.56 Å². The van der Waals surface area contributed by atoms with E-state index in [2.05, 4.69) is 4.99 Å². The Bertz CT molecular complexity index is 1350. The third-order valence-corrected chi connectivity index (χ3v) is 6.87. The van der Waals surface area contributed by atoms with Crippen molar-refractivity contribution in [1.29, 1.82) is 0 Å². The van der Waals surface area contributed by atoms with Crippen molar-refractivity contribution in [2.75, 3.05) is 21.3 Å². The summed E-state index contributed by atoms with van der Waals surface area (Å²) < 4.78 is 17.9. The molecule has 7 nitrogen and oxygen atoms in total. The van der Waals surface area contributed by atoms with Gasteiger partial charge in [0.15, 0.2) is 16.3 Å². The fraction of sp³-hybridized carbons (Fsp3) is 0.227. The van der Waals surface area contributed by atoms with E-state index < -0.39 is 12.0 Å². The van der Waals surface area contributed by atoms with Gasteiger partial charge in [-0.1, -0.05) is 29.5 Å². The van der Waals surface area contributed by atoms with Crippen molar-refractivity contribution in [3.8, 4) is 11.5 Å². The predicted molar refractivity (Wildman–Crippen MR) is 120 cm³/mol. The minimum atomic E-state index is -0.585. The molecule has 9 heteroatoms. The number of carbonyl (C=O) groups excluding carboxylic acids is 1. The van der Waals surface area contributed by atoms with Gasteiger partial charge in [-0.05, 0) is 30.5 Å². The van der Waals surface area contributed by atoms with E-state index >= 15 is 0 Å². The summed E-state index contributed by atoms with van der Waals surface area (Å²) in [6, 6.07) is 8.68. The second kappa shape index (κ2) is 8.52. The fourth-order valence-corrected chi connectivity index (χ4v) is 5.44. The second-order valence-corrected chi connectivity index (χ2v) is 8.66. The normalized spacial score (nSPS) is 16.0. The van der Waals surface area contributed by atoms with Gasteiger partial charge in [-0.25, -0.2) is 9.79 Å². The molecular formula is C22H20N2O5S2. The maximum atomic E-state index is 13.5. The molecule has 0 bridgehead atoms. The van der Waals surface area contributed by atoms with Crippen LogP contribution in [0.5, 0.6) is 11.5 Å². The Morgan fingerprint density at radius 1 is 1.16 bits per heavy atom. The first-order valence-corrected chi connectivity index (χ1v) is 11.0. The van der Waals surface area contributed by atoms with Crippen LogP contribution in [-0.4, -0.2) is 31.9 Å². The lowest BCUT2D eigenvalue weighted by Crippen LogP contribution is -2.39. The Balaban J connectivity index is 1.97. The molecule has 3 aromatic rings. The lowest BCUT2D eigenvalue weighted by molar-refractivity contribution is -0.136.